The van der Waals surface area contributed by atoms with E-state index < -0.39 is 0 Å². The van der Waals surface area contributed by atoms with Crippen LogP contribution >= 0.6 is 31.9 Å². The summed E-state index contributed by atoms with van der Waals surface area (Å²) in [6.07, 6.45) is 11.0. The molecule has 0 heterocycles. The van der Waals surface area contributed by atoms with Crippen molar-refractivity contribution in [3.8, 4) is 11.5 Å². The van der Waals surface area contributed by atoms with E-state index in [2.05, 4.69) is 31.9 Å². The number of hydrazine groups is 2. The highest BCUT2D eigenvalue weighted by Gasteiger charge is 2.04. The number of hydrogen-bond donors (Lipinski definition) is 5. The lowest BCUT2D eigenvalue weighted by Gasteiger charge is -2.16. The third-order valence-electron chi connectivity index (χ3n) is 5.89. The molecule has 0 fully saturated rings. The molecule has 0 bridgehead atoms. The zero-order valence-corrected chi connectivity index (χ0v) is 24.7. The SMILES string of the molecule is COc1ccc(CCN(N)/C=C(\N)CCCCCC/C(N)=C/N(N)CCc2ccc(O)c(Br)c2)cc1Br. The molecule has 2 aromatic rings. The van der Waals surface area contributed by atoms with Crippen LogP contribution in [0, 0.1) is 0 Å². The summed E-state index contributed by atoms with van der Waals surface area (Å²) in [4.78, 5) is 0. The molecule has 0 atom stereocenters. The lowest BCUT2D eigenvalue weighted by molar-refractivity contribution is 0.391. The van der Waals surface area contributed by atoms with E-state index in [0.717, 1.165) is 78.5 Å². The van der Waals surface area contributed by atoms with E-state index in [4.69, 9.17) is 27.9 Å². The standard InChI is InChI=1S/C27H40Br2N6O2/c1-37-27-11-9-21(17-25(27)29)13-15-35(33)19-23(31)7-5-3-2-4-6-22(30)18-34(32)14-12-20-8-10-26(36)24(28)16-20/h8-11,16-19,36H,2-7,12-15,30-33H2,1H3/b22-18-,23-19-. The molecular formula is C27H40Br2N6O2. The average Bonchev–Trinajstić information content (AvgIpc) is 2.85. The summed E-state index contributed by atoms with van der Waals surface area (Å²) < 4.78 is 6.88. The van der Waals surface area contributed by atoms with Gasteiger partial charge in [-0.3, -0.25) is 0 Å². The molecule has 0 amide bonds. The monoisotopic (exact) mass is 638 g/mol. The fraction of sp³-hybridized carbons (Fsp3) is 0.407. The van der Waals surface area contributed by atoms with Gasteiger partial charge in [0.15, 0.2) is 0 Å². The number of ether oxygens (including phenoxy) is 1. The number of nitrogens with zero attached hydrogens (tertiary/aromatic N) is 2. The van der Waals surface area contributed by atoms with E-state index in [9.17, 15) is 5.11 Å². The maximum atomic E-state index is 9.59. The second-order valence-corrected chi connectivity index (χ2v) is 10.8. The Kier molecular flexibility index (Phi) is 13.7. The van der Waals surface area contributed by atoms with Crippen LogP contribution in [0.1, 0.15) is 49.7 Å². The summed E-state index contributed by atoms with van der Waals surface area (Å²) in [6, 6.07) is 11.5. The van der Waals surface area contributed by atoms with Gasteiger partial charge in [0.1, 0.15) is 11.5 Å². The summed E-state index contributed by atoms with van der Waals surface area (Å²) in [6.45, 7) is 1.31. The highest BCUT2D eigenvalue weighted by Crippen LogP contribution is 2.26. The average molecular weight is 640 g/mol. The predicted molar refractivity (Wildman–Crippen MR) is 158 cm³/mol. The first kappa shape index (κ1) is 30.8. The van der Waals surface area contributed by atoms with Crippen LogP contribution in [0.5, 0.6) is 11.5 Å². The first-order valence-electron chi connectivity index (χ1n) is 12.4. The van der Waals surface area contributed by atoms with Crippen molar-refractivity contribution in [2.24, 2.45) is 23.2 Å². The Labute approximate surface area is 237 Å². The van der Waals surface area contributed by atoms with Gasteiger partial charge in [-0.1, -0.05) is 25.0 Å². The van der Waals surface area contributed by atoms with Crippen LogP contribution in [0.15, 0.2) is 69.1 Å². The molecule has 204 valence electrons. The third-order valence-corrected chi connectivity index (χ3v) is 7.14. The van der Waals surface area contributed by atoms with E-state index in [0.29, 0.717) is 17.6 Å². The summed E-state index contributed by atoms with van der Waals surface area (Å²) >= 11 is 6.84. The zero-order chi connectivity index (χ0) is 27.2. The van der Waals surface area contributed by atoms with E-state index >= 15 is 0 Å². The van der Waals surface area contributed by atoms with Crippen LogP contribution in [0.4, 0.5) is 0 Å². The van der Waals surface area contributed by atoms with Crippen LogP contribution in [0.3, 0.4) is 0 Å². The molecular weight excluding hydrogens is 600 g/mol. The van der Waals surface area contributed by atoms with Crippen LogP contribution in [0.2, 0.25) is 0 Å². The summed E-state index contributed by atoms with van der Waals surface area (Å²) in [5, 5.41) is 12.9. The number of phenols is 1. The fourth-order valence-electron chi connectivity index (χ4n) is 3.78. The van der Waals surface area contributed by atoms with Gasteiger partial charge in [-0.15, -0.1) is 0 Å². The Balaban J connectivity index is 1.58. The van der Waals surface area contributed by atoms with E-state index in [1.165, 1.54) is 5.56 Å². The smallest absolute Gasteiger partial charge is 0.133 e. The van der Waals surface area contributed by atoms with Crippen molar-refractivity contribution in [1.82, 2.24) is 10.0 Å². The van der Waals surface area contributed by atoms with Crippen molar-refractivity contribution >= 4 is 31.9 Å². The van der Waals surface area contributed by atoms with Gasteiger partial charge in [-0.2, -0.15) is 0 Å². The number of unbranched alkanes of at least 4 members (excludes halogenated alkanes) is 3. The quantitative estimate of drug-likeness (QED) is 0.0982. The molecule has 0 saturated carbocycles. The Bertz CT molecular complexity index is 1050. The molecule has 0 saturated heterocycles. The van der Waals surface area contributed by atoms with Gasteiger partial charge in [0, 0.05) is 36.9 Å². The number of rotatable bonds is 16. The van der Waals surface area contributed by atoms with E-state index in [-0.39, 0.29) is 5.75 Å². The first-order chi connectivity index (χ1) is 17.7. The molecule has 2 rings (SSSR count). The second-order valence-electron chi connectivity index (χ2n) is 9.05. The summed E-state index contributed by atoms with van der Waals surface area (Å²) in [5.74, 6) is 13.2. The van der Waals surface area contributed by atoms with Gasteiger partial charge in [0.2, 0.25) is 0 Å². The minimum Gasteiger partial charge on any atom is -0.507 e. The largest absolute Gasteiger partial charge is 0.507 e. The Hall–Kier alpha value is -2.40. The Morgan fingerprint density at radius 1 is 0.811 bits per heavy atom. The topological polar surface area (TPSA) is 140 Å². The van der Waals surface area contributed by atoms with Crippen molar-refractivity contribution in [2.45, 2.75) is 51.4 Å². The first-order valence-corrected chi connectivity index (χ1v) is 14.0. The number of phenolic OH excluding ortho intramolecular Hbond substituents is 1. The van der Waals surface area contributed by atoms with Crippen molar-refractivity contribution in [3.63, 3.8) is 0 Å². The molecule has 9 N–H and O–H groups in total. The van der Waals surface area contributed by atoms with Gasteiger partial charge in [-0.25, -0.2) is 11.7 Å². The van der Waals surface area contributed by atoms with Gasteiger partial charge in [-0.05, 0) is 106 Å². The maximum Gasteiger partial charge on any atom is 0.133 e. The van der Waals surface area contributed by atoms with Gasteiger partial charge < -0.3 is 31.3 Å². The molecule has 2 aromatic carbocycles. The molecule has 0 aromatic heterocycles. The number of halogens is 2. The number of aromatic hydroxyl groups is 1. The number of benzene rings is 2. The van der Waals surface area contributed by atoms with Crippen molar-refractivity contribution in [3.05, 3.63) is 80.3 Å². The molecule has 0 spiro atoms. The van der Waals surface area contributed by atoms with Gasteiger partial charge >= 0.3 is 0 Å². The number of methoxy groups -OCH3 is 1. The molecule has 0 radical (unpaired) electrons. The molecule has 37 heavy (non-hydrogen) atoms. The van der Waals surface area contributed by atoms with Gasteiger partial charge in [0.05, 0.1) is 16.1 Å². The molecule has 10 heteroatoms. The molecule has 0 aliphatic rings. The zero-order valence-electron chi connectivity index (χ0n) is 21.5. The molecule has 0 aliphatic carbocycles. The summed E-state index contributed by atoms with van der Waals surface area (Å²) in [5.41, 5.74) is 16.1. The summed E-state index contributed by atoms with van der Waals surface area (Å²) in [7, 11) is 1.65. The lowest BCUT2D eigenvalue weighted by Crippen LogP contribution is -2.28. The van der Waals surface area contributed by atoms with Crippen molar-refractivity contribution < 1.29 is 9.84 Å². The van der Waals surface area contributed by atoms with Crippen LogP contribution < -0.4 is 27.9 Å². The van der Waals surface area contributed by atoms with Crippen LogP contribution in [-0.2, 0) is 12.8 Å². The molecule has 0 aliphatic heterocycles. The number of allylic oxidation sites excluding steroid dienone is 2. The number of nitrogens with two attached hydrogens (primary N) is 4. The van der Waals surface area contributed by atoms with E-state index in [1.807, 2.05) is 36.5 Å². The maximum absolute atomic E-state index is 9.59. The fourth-order valence-corrected chi connectivity index (χ4v) is 4.80. The van der Waals surface area contributed by atoms with Crippen molar-refractivity contribution in [2.75, 3.05) is 20.2 Å². The normalized spacial score (nSPS) is 12.0. The molecule has 8 nitrogen and oxygen atoms in total. The lowest BCUT2D eigenvalue weighted by atomic mass is 10.1. The van der Waals surface area contributed by atoms with Crippen LogP contribution in [-0.4, -0.2) is 35.3 Å². The molecule has 0 unspecified atom stereocenters. The minimum atomic E-state index is 0.229. The third kappa shape index (κ3) is 12.1. The van der Waals surface area contributed by atoms with E-state index in [1.54, 1.807) is 29.4 Å². The van der Waals surface area contributed by atoms with Crippen molar-refractivity contribution in [1.29, 1.82) is 0 Å². The second kappa shape index (κ2) is 16.4. The highest BCUT2D eigenvalue weighted by molar-refractivity contribution is 9.10. The predicted octanol–water partition coefficient (Wildman–Crippen LogP) is 5.00. The van der Waals surface area contributed by atoms with Gasteiger partial charge in [0.25, 0.3) is 0 Å². The van der Waals surface area contributed by atoms with Crippen LogP contribution in [0.25, 0.3) is 0 Å². The highest BCUT2D eigenvalue weighted by atomic mass is 79.9. The minimum absolute atomic E-state index is 0.229. The Morgan fingerprint density at radius 2 is 1.30 bits per heavy atom. The number of hydrogen-bond acceptors (Lipinski definition) is 8. The Morgan fingerprint density at radius 3 is 1.76 bits per heavy atom.